The summed E-state index contributed by atoms with van der Waals surface area (Å²) < 4.78 is 6.23. The third-order valence-electron chi connectivity index (χ3n) is 4.02. The summed E-state index contributed by atoms with van der Waals surface area (Å²) >= 11 is 1.63. The smallest absolute Gasteiger partial charge is 0.241 e. The van der Waals surface area contributed by atoms with Crippen LogP contribution in [0, 0.1) is 18.8 Å². The molecule has 5 nitrogen and oxygen atoms in total. The number of aryl methyl sites for hydroxylation is 1. The normalized spacial score (nSPS) is 26.0. The molecule has 21 heavy (non-hydrogen) atoms. The Kier molecular flexibility index (Phi) is 3.99. The van der Waals surface area contributed by atoms with Gasteiger partial charge in [-0.25, -0.2) is 10.8 Å². The molecule has 2 unspecified atom stereocenters. The van der Waals surface area contributed by atoms with E-state index in [-0.39, 0.29) is 6.10 Å². The SMILES string of the molecule is Cc1cc2c(OC3CC(C)CC(C)C3)nc(NN)nc2s1. The molecule has 0 bridgehead atoms. The molecule has 3 N–H and O–H groups in total. The lowest BCUT2D eigenvalue weighted by atomic mass is 9.82. The number of fused-ring (bicyclic) bond motifs is 1. The van der Waals surface area contributed by atoms with Gasteiger partial charge in [-0.15, -0.1) is 11.3 Å². The van der Waals surface area contributed by atoms with Crippen molar-refractivity contribution in [3.05, 3.63) is 10.9 Å². The lowest BCUT2D eigenvalue weighted by molar-refractivity contribution is 0.0983. The van der Waals surface area contributed by atoms with Crippen LogP contribution in [0.5, 0.6) is 5.88 Å². The van der Waals surface area contributed by atoms with Gasteiger partial charge in [0, 0.05) is 4.88 Å². The van der Waals surface area contributed by atoms with Gasteiger partial charge in [0.2, 0.25) is 11.8 Å². The van der Waals surface area contributed by atoms with Gasteiger partial charge in [-0.2, -0.15) is 4.98 Å². The Hall–Kier alpha value is -1.40. The number of aromatic nitrogens is 2. The summed E-state index contributed by atoms with van der Waals surface area (Å²) in [4.78, 5) is 10.9. The van der Waals surface area contributed by atoms with Gasteiger partial charge in [0.25, 0.3) is 0 Å². The molecule has 0 saturated heterocycles. The fourth-order valence-electron chi connectivity index (χ4n) is 3.30. The minimum Gasteiger partial charge on any atom is -0.474 e. The molecule has 0 aromatic carbocycles. The third kappa shape index (κ3) is 3.11. The maximum atomic E-state index is 6.23. The molecule has 1 aliphatic rings. The van der Waals surface area contributed by atoms with Gasteiger partial charge < -0.3 is 4.74 Å². The van der Waals surface area contributed by atoms with Gasteiger partial charge in [-0.3, -0.25) is 5.43 Å². The maximum absolute atomic E-state index is 6.23. The van der Waals surface area contributed by atoms with Gasteiger partial charge in [0.05, 0.1) is 5.39 Å². The monoisotopic (exact) mass is 306 g/mol. The zero-order chi connectivity index (χ0) is 15.0. The van der Waals surface area contributed by atoms with Crippen LogP contribution in [0.1, 0.15) is 38.0 Å². The van der Waals surface area contributed by atoms with Crippen molar-refractivity contribution in [1.29, 1.82) is 0 Å². The van der Waals surface area contributed by atoms with Crippen LogP contribution in [-0.2, 0) is 0 Å². The molecular formula is C15H22N4OS. The maximum Gasteiger partial charge on any atom is 0.241 e. The van der Waals surface area contributed by atoms with Gasteiger partial charge in [0.15, 0.2) is 0 Å². The number of anilines is 1. The number of hydrogen-bond acceptors (Lipinski definition) is 6. The van der Waals surface area contributed by atoms with Crippen LogP contribution < -0.4 is 16.0 Å². The lowest BCUT2D eigenvalue weighted by Gasteiger charge is -2.31. The lowest BCUT2D eigenvalue weighted by Crippen LogP contribution is -2.29. The molecule has 0 spiro atoms. The van der Waals surface area contributed by atoms with Crippen molar-refractivity contribution in [2.24, 2.45) is 17.7 Å². The summed E-state index contributed by atoms with van der Waals surface area (Å²) in [6, 6.07) is 2.09. The zero-order valence-corrected chi connectivity index (χ0v) is 13.5. The van der Waals surface area contributed by atoms with Crippen LogP contribution >= 0.6 is 11.3 Å². The summed E-state index contributed by atoms with van der Waals surface area (Å²) in [7, 11) is 0. The standard InChI is InChI=1S/C15H22N4OS/c1-8-4-9(2)6-11(5-8)20-13-12-7-10(3)21-14(12)18-15(17-13)19-16/h7-9,11H,4-6,16H2,1-3H3,(H,17,18,19). The van der Waals surface area contributed by atoms with Crippen LogP contribution in [-0.4, -0.2) is 16.1 Å². The zero-order valence-electron chi connectivity index (χ0n) is 12.7. The predicted molar refractivity (Wildman–Crippen MR) is 86.6 cm³/mol. The molecule has 0 amide bonds. The molecule has 3 rings (SSSR count). The molecule has 1 fully saturated rings. The number of thiophene rings is 1. The number of rotatable bonds is 3. The second kappa shape index (κ2) is 5.77. The van der Waals surface area contributed by atoms with Crippen molar-refractivity contribution in [3.8, 4) is 5.88 Å². The Bertz CT molecular complexity index is 632. The molecule has 1 aliphatic carbocycles. The van der Waals surface area contributed by atoms with Crippen LogP contribution in [0.4, 0.5) is 5.95 Å². The molecule has 6 heteroatoms. The highest BCUT2D eigenvalue weighted by Crippen LogP contribution is 2.35. The van der Waals surface area contributed by atoms with E-state index < -0.39 is 0 Å². The average molecular weight is 306 g/mol. The van der Waals surface area contributed by atoms with Crippen LogP contribution in [0.25, 0.3) is 10.2 Å². The van der Waals surface area contributed by atoms with Crippen molar-refractivity contribution >= 4 is 27.5 Å². The van der Waals surface area contributed by atoms with Crippen molar-refractivity contribution in [3.63, 3.8) is 0 Å². The van der Waals surface area contributed by atoms with Gasteiger partial charge in [-0.05, 0) is 44.1 Å². The first-order chi connectivity index (χ1) is 10.0. The fourth-order valence-corrected chi connectivity index (χ4v) is 4.17. The van der Waals surface area contributed by atoms with E-state index >= 15 is 0 Å². The van der Waals surface area contributed by atoms with E-state index in [9.17, 15) is 0 Å². The van der Waals surface area contributed by atoms with Crippen LogP contribution in [0.15, 0.2) is 6.07 Å². The number of hydrazine groups is 1. The number of nitrogens with two attached hydrogens (primary N) is 1. The van der Waals surface area contributed by atoms with E-state index in [0.29, 0.717) is 23.7 Å². The van der Waals surface area contributed by atoms with Gasteiger partial charge >= 0.3 is 0 Å². The molecule has 2 heterocycles. The second-order valence-corrected chi connectivity index (χ2v) is 7.46. The quantitative estimate of drug-likeness (QED) is 0.671. The van der Waals surface area contributed by atoms with E-state index in [0.717, 1.165) is 23.1 Å². The van der Waals surface area contributed by atoms with Crippen LogP contribution in [0.2, 0.25) is 0 Å². The first-order valence-electron chi connectivity index (χ1n) is 7.46. The minimum atomic E-state index is 0.229. The molecule has 0 aliphatic heterocycles. The Morgan fingerprint density at radius 2 is 1.95 bits per heavy atom. The summed E-state index contributed by atoms with van der Waals surface area (Å²) in [6.45, 7) is 6.66. The van der Waals surface area contributed by atoms with Crippen molar-refractivity contribution in [1.82, 2.24) is 9.97 Å². The van der Waals surface area contributed by atoms with Crippen molar-refractivity contribution in [2.45, 2.75) is 46.1 Å². The van der Waals surface area contributed by atoms with E-state index in [4.69, 9.17) is 10.6 Å². The summed E-state index contributed by atoms with van der Waals surface area (Å²) in [5, 5.41) is 0.988. The number of nitrogens with zero attached hydrogens (tertiary/aromatic N) is 2. The third-order valence-corrected chi connectivity index (χ3v) is 4.97. The van der Waals surface area contributed by atoms with E-state index in [1.54, 1.807) is 11.3 Å². The Morgan fingerprint density at radius 3 is 2.62 bits per heavy atom. The average Bonchev–Trinajstić information content (AvgIpc) is 2.78. The highest BCUT2D eigenvalue weighted by Gasteiger charge is 2.26. The molecule has 114 valence electrons. The largest absolute Gasteiger partial charge is 0.474 e. The van der Waals surface area contributed by atoms with E-state index in [1.807, 2.05) is 0 Å². The fraction of sp³-hybridized carbons (Fsp3) is 0.600. The van der Waals surface area contributed by atoms with Gasteiger partial charge in [-0.1, -0.05) is 13.8 Å². The van der Waals surface area contributed by atoms with Crippen molar-refractivity contribution < 1.29 is 4.74 Å². The van der Waals surface area contributed by atoms with E-state index in [1.165, 1.54) is 11.3 Å². The van der Waals surface area contributed by atoms with Gasteiger partial charge in [0.1, 0.15) is 10.9 Å². The molecule has 0 radical (unpaired) electrons. The molecule has 2 aromatic rings. The summed E-state index contributed by atoms with van der Waals surface area (Å²) in [5.74, 6) is 7.94. The molecule has 2 aromatic heterocycles. The Balaban J connectivity index is 1.91. The highest BCUT2D eigenvalue weighted by molar-refractivity contribution is 7.18. The minimum absolute atomic E-state index is 0.229. The van der Waals surface area contributed by atoms with Crippen LogP contribution in [0.3, 0.4) is 0 Å². The summed E-state index contributed by atoms with van der Waals surface area (Å²) in [5.41, 5.74) is 2.53. The predicted octanol–water partition coefficient (Wildman–Crippen LogP) is 3.49. The van der Waals surface area contributed by atoms with Crippen molar-refractivity contribution in [2.75, 3.05) is 5.43 Å². The molecule has 1 saturated carbocycles. The topological polar surface area (TPSA) is 73.1 Å². The number of nitrogens with one attached hydrogen (secondary N) is 1. The number of nitrogen functional groups attached to an aromatic ring is 1. The Labute approximate surface area is 128 Å². The first kappa shape index (κ1) is 14.5. The first-order valence-corrected chi connectivity index (χ1v) is 8.28. The Morgan fingerprint density at radius 1 is 1.24 bits per heavy atom. The molecule has 2 atom stereocenters. The summed E-state index contributed by atoms with van der Waals surface area (Å²) in [6.07, 6.45) is 3.69. The highest BCUT2D eigenvalue weighted by atomic mass is 32.1. The second-order valence-electron chi connectivity index (χ2n) is 6.23. The number of hydrogen-bond donors (Lipinski definition) is 2. The number of ether oxygens (including phenoxy) is 1. The van der Waals surface area contributed by atoms with E-state index in [2.05, 4.69) is 42.2 Å². The molecular weight excluding hydrogens is 284 g/mol.